The van der Waals surface area contributed by atoms with Crippen molar-refractivity contribution in [3.8, 4) is 0 Å². The minimum Gasteiger partial charge on any atom is -0.384 e. The first-order valence-electron chi connectivity index (χ1n) is 7.57. The van der Waals surface area contributed by atoms with Crippen LogP contribution in [0.5, 0.6) is 0 Å². The van der Waals surface area contributed by atoms with Crippen LogP contribution in [0.1, 0.15) is 18.4 Å². The Labute approximate surface area is 137 Å². The van der Waals surface area contributed by atoms with E-state index in [1.165, 1.54) is 0 Å². The summed E-state index contributed by atoms with van der Waals surface area (Å²) in [4.78, 5) is 9.89. The number of nitrogens with zero attached hydrogens (tertiary/aromatic N) is 1. The lowest BCUT2D eigenvalue weighted by molar-refractivity contribution is -0.385. The molecule has 1 aliphatic rings. The number of nitro groups is 1. The fourth-order valence-electron chi connectivity index (χ4n) is 2.95. The number of nitrogens with one attached hydrogen (secondary N) is 2. The highest BCUT2D eigenvalue weighted by Gasteiger charge is 2.37. The molecule has 1 aromatic carbocycles. The maximum atomic E-state index is 13.2. The molecular weight excluding hydrogens is 327 g/mol. The van der Waals surface area contributed by atoms with E-state index in [1.54, 1.807) is 7.11 Å². The highest BCUT2D eigenvalue weighted by Crippen LogP contribution is 2.38. The molecule has 1 saturated heterocycles. The first-order chi connectivity index (χ1) is 11.3. The number of anilines is 1. The van der Waals surface area contributed by atoms with Gasteiger partial charge in [0.05, 0.1) is 17.1 Å². The van der Waals surface area contributed by atoms with Crippen molar-refractivity contribution in [2.75, 3.05) is 38.7 Å². The Morgan fingerprint density at radius 2 is 2.04 bits per heavy atom. The Morgan fingerprint density at radius 3 is 2.58 bits per heavy atom. The van der Waals surface area contributed by atoms with Gasteiger partial charge in [-0.05, 0) is 32.0 Å². The number of nitro benzene ring substituents is 1. The number of piperidine rings is 1. The van der Waals surface area contributed by atoms with E-state index in [4.69, 9.17) is 4.74 Å². The number of rotatable bonds is 6. The predicted octanol–water partition coefficient (Wildman–Crippen LogP) is 3.04. The van der Waals surface area contributed by atoms with Crippen molar-refractivity contribution >= 4 is 11.4 Å². The molecule has 134 valence electrons. The second-order valence-electron chi connectivity index (χ2n) is 6.02. The van der Waals surface area contributed by atoms with Crippen molar-refractivity contribution in [1.82, 2.24) is 5.32 Å². The Kier molecular flexibility index (Phi) is 5.66. The van der Waals surface area contributed by atoms with Gasteiger partial charge in [0.1, 0.15) is 0 Å². The number of non-ortho nitro benzene ring substituents is 1. The van der Waals surface area contributed by atoms with Gasteiger partial charge in [-0.2, -0.15) is 13.2 Å². The summed E-state index contributed by atoms with van der Waals surface area (Å²) in [6.07, 6.45) is -3.11. The molecule has 0 spiro atoms. The van der Waals surface area contributed by atoms with Crippen LogP contribution in [-0.4, -0.2) is 38.3 Å². The van der Waals surface area contributed by atoms with Gasteiger partial charge >= 0.3 is 6.18 Å². The second kappa shape index (κ2) is 7.35. The van der Waals surface area contributed by atoms with Gasteiger partial charge in [0.25, 0.3) is 5.69 Å². The van der Waals surface area contributed by atoms with Crippen LogP contribution in [-0.2, 0) is 10.9 Å². The summed E-state index contributed by atoms with van der Waals surface area (Å²) in [5.41, 5.74) is -2.02. The van der Waals surface area contributed by atoms with E-state index >= 15 is 0 Å². The van der Waals surface area contributed by atoms with Gasteiger partial charge in [-0.3, -0.25) is 10.1 Å². The highest BCUT2D eigenvalue weighted by atomic mass is 19.4. The largest absolute Gasteiger partial charge is 0.418 e. The topological polar surface area (TPSA) is 76.4 Å². The minimum absolute atomic E-state index is 0.151. The molecule has 0 bridgehead atoms. The van der Waals surface area contributed by atoms with Gasteiger partial charge in [-0.15, -0.1) is 0 Å². The van der Waals surface area contributed by atoms with Crippen LogP contribution < -0.4 is 10.6 Å². The smallest absolute Gasteiger partial charge is 0.384 e. The maximum Gasteiger partial charge on any atom is 0.418 e. The lowest BCUT2D eigenvalue weighted by atomic mass is 9.79. The number of ether oxygens (including phenoxy) is 1. The maximum absolute atomic E-state index is 13.2. The molecule has 0 radical (unpaired) electrons. The molecular formula is C15H20F3N3O3. The predicted molar refractivity (Wildman–Crippen MR) is 83.0 cm³/mol. The molecule has 0 amide bonds. The summed E-state index contributed by atoms with van der Waals surface area (Å²) in [6, 6.07) is 2.75. The van der Waals surface area contributed by atoms with E-state index < -0.39 is 22.4 Å². The molecule has 0 aliphatic carbocycles. The molecule has 0 aromatic heterocycles. The van der Waals surface area contributed by atoms with Crippen LogP contribution in [0.3, 0.4) is 0 Å². The minimum atomic E-state index is -4.67. The van der Waals surface area contributed by atoms with E-state index in [0.29, 0.717) is 19.2 Å². The zero-order chi connectivity index (χ0) is 17.8. The summed E-state index contributed by atoms with van der Waals surface area (Å²) in [5, 5.41) is 16.8. The average molecular weight is 347 g/mol. The summed E-state index contributed by atoms with van der Waals surface area (Å²) >= 11 is 0. The summed E-state index contributed by atoms with van der Waals surface area (Å²) in [6.45, 7) is 2.30. The lowest BCUT2D eigenvalue weighted by Gasteiger charge is -2.37. The third-order valence-electron chi connectivity index (χ3n) is 4.29. The van der Waals surface area contributed by atoms with E-state index in [9.17, 15) is 23.3 Å². The molecule has 0 saturated carbocycles. The molecule has 2 rings (SSSR count). The molecule has 0 atom stereocenters. The molecule has 1 aliphatic heterocycles. The van der Waals surface area contributed by atoms with Gasteiger partial charge in [0.15, 0.2) is 0 Å². The molecule has 1 heterocycles. The Balaban J connectivity index is 2.23. The SMILES string of the molecule is COCC1(CNc2ccc([N+](=O)[O-])cc2C(F)(F)F)CCNCC1. The van der Waals surface area contributed by atoms with Crippen LogP contribution in [0.2, 0.25) is 0 Å². The van der Waals surface area contributed by atoms with E-state index in [2.05, 4.69) is 10.6 Å². The van der Waals surface area contributed by atoms with Crippen molar-refractivity contribution in [3.05, 3.63) is 33.9 Å². The van der Waals surface area contributed by atoms with Crippen molar-refractivity contribution in [3.63, 3.8) is 0 Å². The summed E-state index contributed by atoms with van der Waals surface area (Å²) in [7, 11) is 1.57. The van der Waals surface area contributed by atoms with Crippen molar-refractivity contribution in [1.29, 1.82) is 0 Å². The van der Waals surface area contributed by atoms with Gasteiger partial charge in [0.2, 0.25) is 0 Å². The molecule has 2 N–H and O–H groups in total. The average Bonchev–Trinajstić information content (AvgIpc) is 2.53. The molecule has 1 aromatic rings. The first kappa shape index (κ1) is 18.5. The normalized spacial score (nSPS) is 17.5. The number of alkyl halides is 3. The van der Waals surface area contributed by atoms with Crippen LogP contribution in [0.25, 0.3) is 0 Å². The second-order valence-corrected chi connectivity index (χ2v) is 6.02. The van der Waals surface area contributed by atoms with Gasteiger partial charge in [0, 0.05) is 36.9 Å². The zero-order valence-corrected chi connectivity index (χ0v) is 13.3. The number of benzene rings is 1. The Hall–Kier alpha value is -1.87. The lowest BCUT2D eigenvalue weighted by Crippen LogP contribution is -2.44. The van der Waals surface area contributed by atoms with E-state index in [1.807, 2.05) is 0 Å². The highest BCUT2D eigenvalue weighted by molar-refractivity contribution is 5.57. The fourth-order valence-corrected chi connectivity index (χ4v) is 2.95. The first-order valence-corrected chi connectivity index (χ1v) is 7.57. The fraction of sp³-hybridized carbons (Fsp3) is 0.600. The van der Waals surface area contributed by atoms with Gasteiger partial charge < -0.3 is 15.4 Å². The molecule has 24 heavy (non-hydrogen) atoms. The molecule has 9 heteroatoms. The number of halogens is 3. The Bertz CT molecular complexity index is 582. The van der Waals surface area contributed by atoms with E-state index in [-0.39, 0.29) is 11.1 Å². The third-order valence-corrected chi connectivity index (χ3v) is 4.29. The number of methoxy groups -OCH3 is 1. The quantitative estimate of drug-likeness (QED) is 0.611. The van der Waals surface area contributed by atoms with E-state index in [0.717, 1.165) is 38.1 Å². The van der Waals surface area contributed by atoms with Gasteiger partial charge in [-0.1, -0.05) is 0 Å². The Morgan fingerprint density at radius 1 is 1.38 bits per heavy atom. The van der Waals surface area contributed by atoms with Gasteiger partial charge in [-0.25, -0.2) is 0 Å². The number of hydrogen-bond acceptors (Lipinski definition) is 5. The van der Waals surface area contributed by atoms with Crippen LogP contribution in [0.4, 0.5) is 24.5 Å². The molecule has 1 fully saturated rings. The molecule has 0 unspecified atom stereocenters. The summed E-state index contributed by atoms with van der Waals surface area (Å²) < 4.78 is 44.9. The standard InChI is InChI=1S/C15H20F3N3O3/c1-24-10-14(4-6-19-7-5-14)9-20-13-3-2-11(21(22)23)8-12(13)15(16,17)18/h2-3,8,19-20H,4-7,9-10H2,1H3. The van der Waals surface area contributed by atoms with Crippen molar-refractivity contribution in [2.45, 2.75) is 19.0 Å². The molecule has 6 nitrogen and oxygen atoms in total. The van der Waals surface area contributed by atoms with Crippen LogP contribution >= 0.6 is 0 Å². The van der Waals surface area contributed by atoms with Crippen LogP contribution in [0.15, 0.2) is 18.2 Å². The monoisotopic (exact) mass is 347 g/mol. The summed E-state index contributed by atoms with van der Waals surface area (Å²) in [5.74, 6) is 0. The van der Waals surface area contributed by atoms with Crippen LogP contribution in [0, 0.1) is 15.5 Å². The third kappa shape index (κ3) is 4.35. The zero-order valence-electron chi connectivity index (χ0n) is 13.3. The van der Waals surface area contributed by atoms with Crippen molar-refractivity contribution in [2.24, 2.45) is 5.41 Å². The number of hydrogen-bond donors (Lipinski definition) is 2. The van der Waals surface area contributed by atoms with Crippen molar-refractivity contribution < 1.29 is 22.8 Å².